The Balaban J connectivity index is 1.47. The fourth-order valence-electron chi connectivity index (χ4n) is 3.16. The topological polar surface area (TPSA) is 75.4 Å². The summed E-state index contributed by atoms with van der Waals surface area (Å²) in [7, 11) is 0. The third kappa shape index (κ3) is 4.67. The molecule has 2 heterocycles. The van der Waals surface area contributed by atoms with Crippen LogP contribution >= 0.6 is 11.3 Å². The number of amides is 2. The maximum Gasteiger partial charge on any atom is 0.251 e. The average Bonchev–Trinajstić information content (AvgIpc) is 3.17. The summed E-state index contributed by atoms with van der Waals surface area (Å²) < 4.78 is 0. The van der Waals surface area contributed by atoms with E-state index in [1.807, 2.05) is 29.6 Å². The summed E-state index contributed by atoms with van der Waals surface area (Å²) in [5, 5.41) is 7.08. The number of nitrogens with zero attached hydrogens (tertiary/aromatic N) is 1. The largest absolute Gasteiger partial charge is 0.369 e. The molecule has 2 aromatic rings. The van der Waals surface area contributed by atoms with Crippen LogP contribution < -0.4 is 11.1 Å². The number of carbonyl (C=O) groups excluding carboxylic acids is 2. The molecule has 1 aliphatic rings. The van der Waals surface area contributed by atoms with Crippen LogP contribution in [0.25, 0.3) is 11.1 Å². The van der Waals surface area contributed by atoms with E-state index in [9.17, 15) is 9.59 Å². The minimum absolute atomic E-state index is 0.0610. The molecule has 132 valence electrons. The lowest BCUT2D eigenvalue weighted by Crippen LogP contribution is -2.44. The van der Waals surface area contributed by atoms with Crippen molar-refractivity contribution in [3.8, 4) is 11.1 Å². The summed E-state index contributed by atoms with van der Waals surface area (Å²) in [5.74, 6) is -0.353. The Morgan fingerprint density at radius 1 is 1.20 bits per heavy atom. The van der Waals surface area contributed by atoms with E-state index in [-0.39, 0.29) is 17.7 Å². The number of benzene rings is 1. The molecule has 0 aliphatic carbocycles. The zero-order chi connectivity index (χ0) is 17.6. The second-order valence-electron chi connectivity index (χ2n) is 6.39. The summed E-state index contributed by atoms with van der Waals surface area (Å²) in [5.41, 5.74) is 8.34. The summed E-state index contributed by atoms with van der Waals surface area (Å²) in [6, 6.07) is 9.72. The number of likely N-dealkylation sites (tertiary alicyclic amines) is 1. The van der Waals surface area contributed by atoms with E-state index in [4.69, 9.17) is 5.73 Å². The lowest BCUT2D eigenvalue weighted by atomic mass is 9.97. The van der Waals surface area contributed by atoms with Crippen LogP contribution in [0.2, 0.25) is 0 Å². The zero-order valence-electron chi connectivity index (χ0n) is 14.1. The number of piperidine rings is 1. The van der Waals surface area contributed by atoms with Crippen molar-refractivity contribution in [1.29, 1.82) is 0 Å². The Labute approximate surface area is 151 Å². The van der Waals surface area contributed by atoms with Gasteiger partial charge in [0.25, 0.3) is 5.91 Å². The predicted octanol–water partition coefficient (Wildman–Crippen LogP) is 2.34. The Morgan fingerprint density at radius 2 is 2.00 bits per heavy atom. The lowest BCUT2D eigenvalue weighted by molar-refractivity contribution is -0.123. The number of hydrogen-bond donors (Lipinski definition) is 2. The van der Waals surface area contributed by atoms with Gasteiger partial charge in [-0.1, -0.05) is 12.1 Å². The van der Waals surface area contributed by atoms with E-state index in [1.54, 1.807) is 11.3 Å². The normalized spacial score (nSPS) is 18.0. The van der Waals surface area contributed by atoms with Crippen molar-refractivity contribution in [1.82, 2.24) is 10.2 Å². The zero-order valence-corrected chi connectivity index (χ0v) is 14.9. The van der Waals surface area contributed by atoms with E-state index in [0.29, 0.717) is 18.7 Å². The highest BCUT2D eigenvalue weighted by atomic mass is 32.1. The van der Waals surface area contributed by atoms with Crippen LogP contribution in [0, 0.1) is 5.92 Å². The molecule has 1 aromatic carbocycles. The van der Waals surface area contributed by atoms with Gasteiger partial charge in [-0.05, 0) is 59.5 Å². The summed E-state index contributed by atoms with van der Waals surface area (Å²) in [4.78, 5) is 25.8. The Morgan fingerprint density at radius 3 is 2.68 bits per heavy atom. The fraction of sp³-hybridized carbons (Fsp3) is 0.368. The fourth-order valence-corrected chi connectivity index (χ4v) is 3.83. The molecular formula is C19H23N3O2S. The van der Waals surface area contributed by atoms with Gasteiger partial charge in [0.05, 0.1) is 5.92 Å². The Kier molecular flexibility index (Phi) is 5.83. The number of rotatable bonds is 6. The summed E-state index contributed by atoms with van der Waals surface area (Å²) >= 11 is 1.66. The monoisotopic (exact) mass is 357 g/mol. The van der Waals surface area contributed by atoms with Gasteiger partial charge in [-0.15, -0.1) is 0 Å². The van der Waals surface area contributed by atoms with Gasteiger partial charge in [0, 0.05) is 25.2 Å². The summed E-state index contributed by atoms with van der Waals surface area (Å²) in [6.07, 6.45) is 1.85. The van der Waals surface area contributed by atoms with Crippen LogP contribution in [0.5, 0.6) is 0 Å². The van der Waals surface area contributed by atoms with Gasteiger partial charge in [-0.3, -0.25) is 9.59 Å². The van der Waals surface area contributed by atoms with Gasteiger partial charge >= 0.3 is 0 Å². The molecule has 0 radical (unpaired) electrons. The molecule has 1 atom stereocenters. The molecule has 1 aliphatic heterocycles. The van der Waals surface area contributed by atoms with E-state index >= 15 is 0 Å². The standard InChI is InChI=1S/C19H23N3O2S/c20-18(23)16-2-1-9-22(12-16)10-8-21-19(24)15-5-3-14(4-6-15)17-7-11-25-13-17/h3-7,11,13,16H,1-2,8-10,12H2,(H2,20,23)(H,21,24)/t16-/m0/s1. The molecule has 6 heteroatoms. The van der Waals surface area contributed by atoms with Gasteiger partial charge < -0.3 is 16.0 Å². The maximum absolute atomic E-state index is 12.3. The van der Waals surface area contributed by atoms with Gasteiger partial charge in [0.1, 0.15) is 0 Å². The van der Waals surface area contributed by atoms with Crippen molar-refractivity contribution < 1.29 is 9.59 Å². The van der Waals surface area contributed by atoms with Crippen molar-refractivity contribution in [2.45, 2.75) is 12.8 Å². The van der Waals surface area contributed by atoms with Crippen molar-refractivity contribution in [2.75, 3.05) is 26.2 Å². The first-order chi connectivity index (χ1) is 12.1. The van der Waals surface area contributed by atoms with Crippen molar-refractivity contribution in [3.05, 3.63) is 46.7 Å². The molecule has 3 N–H and O–H groups in total. The van der Waals surface area contributed by atoms with Crippen molar-refractivity contribution >= 4 is 23.2 Å². The smallest absolute Gasteiger partial charge is 0.251 e. The molecule has 0 bridgehead atoms. The number of hydrogen-bond acceptors (Lipinski definition) is 4. The second kappa shape index (κ2) is 8.27. The van der Waals surface area contributed by atoms with E-state index in [1.165, 1.54) is 5.56 Å². The molecular weight excluding hydrogens is 334 g/mol. The minimum Gasteiger partial charge on any atom is -0.369 e. The first-order valence-electron chi connectivity index (χ1n) is 8.56. The first kappa shape index (κ1) is 17.6. The van der Waals surface area contributed by atoms with Gasteiger partial charge in [0.2, 0.25) is 5.91 Å². The Bertz CT molecular complexity index is 713. The SMILES string of the molecule is NC(=O)[C@H]1CCCN(CCNC(=O)c2ccc(-c3ccsc3)cc2)C1. The van der Waals surface area contributed by atoms with E-state index in [0.717, 1.165) is 31.5 Å². The first-order valence-corrected chi connectivity index (χ1v) is 9.50. The highest BCUT2D eigenvalue weighted by Crippen LogP contribution is 2.22. The van der Waals surface area contributed by atoms with Crippen LogP contribution in [0.15, 0.2) is 41.1 Å². The highest BCUT2D eigenvalue weighted by Gasteiger charge is 2.23. The van der Waals surface area contributed by atoms with Crippen LogP contribution in [-0.2, 0) is 4.79 Å². The number of primary amides is 1. The second-order valence-corrected chi connectivity index (χ2v) is 7.17. The molecule has 5 nitrogen and oxygen atoms in total. The number of nitrogens with two attached hydrogens (primary N) is 1. The summed E-state index contributed by atoms with van der Waals surface area (Å²) in [6.45, 7) is 2.95. The highest BCUT2D eigenvalue weighted by molar-refractivity contribution is 7.08. The van der Waals surface area contributed by atoms with E-state index in [2.05, 4.69) is 21.7 Å². The minimum atomic E-state index is -0.223. The van der Waals surface area contributed by atoms with Crippen molar-refractivity contribution in [2.24, 2.45) is 11.7 Å². The quantitative estimate of drug-likeness (QED) is 0.833. The number of thiophene rings is 1. The molecule has 3 rings (SSSR count). The molecule has 0 unspecified atom stereocenters. The van der Waals surface area contributed by atoms with E-state index < -0.39 is 0 Å². The lowest BCUT2D eigenvalue weighted by Gasteiger charge is -2.31. The number of nitrogens with one attached hydrogen (secondary N) is 1. The average molecular weight is 357 g/mol. The van der Waals surface area contributed by atoms with Crippen LogP contribution in [-0.4, -0.2) is 42.9 Å². The molecule has 0 saturated carbocycles. The molecule has 25 heavy (non-hydrogen) atoms. The van der Waals surface area contributed by atoms with Crippen LogP contribution in [0.1, 0.15) is 23.2 Å². The third-order valence-corrected chi connectivity index (χ3v) is 5.31. The van der Waals surface area contributed by atoms with Crippen LogP contribution in [0.3, 0.4) is 0 Å². The maximum atomic E-state index is 12.3. The van der Waals surface area contributed by atoms with Gasteiger partial charge in [0.15, 0.2) is 0 Å². The van der Waals surface area contributed by atoms with Crippen molar-refractivity contribution in [3.63, 3.8) is 0 Å². The Hall–Kier alpha value is -2.18. The van der Waals surface area contributed by atoms with Gasteiger partial charge in [-0.25, -0.2) is 0 Å². The number of carbonyl (C=O) groups is 2. The molecule has 2 amide bonds. The molecule has 0 spiro atoms. The molecule has 1 saturated heterocycles. The van der Waals surface area contributed by atoms with Gasteiger partial charge in [-0.2, -0.15) is 11.3 Å². The predicted molar refractivity (Wildman–Crippen MR) is 100 cm³/mol. The molecule has 1 fully saturated rings. The van der Waals surface area contributed by atoms with Crippen LogP contribution in [0.4, 0.5) is 0 Å². The molecule has 1 aromatic heterocycles. The third-order valence-electron chi connectivity index (χ3n) is 4.62.